The topological polar surface area (TPSA) is 116 Å². The van der Waals surface area contributed by atoms with Crippen LogP contribution >= 0.6 is 0 Å². The lowest BCUT2D eigenvalue weighted by Crippen LogP contribution is -2.31. The van der Waals surface area contributed by atoms with Gasteiger partial charge in [0.1, 0.15) is 13.2 Å². The summed E-state index contributed by atoms with van der Waals surface area (Å²) < 4.78 is 16.8. The second kappa shape index (κ2) is 42.0. The van der Waals surface area contributed by atoms with Crippen LogP contribution in [0.5, 0.6) is 0 Å². The van der Waals surface area contributed by atoms with Crippen LogP contribution in [0.15, 0.2) is 0 Å². The van der Waals surface area contributed by atoms with Crippen LogP contribution < -0.4 is 0 Å². The monoisotopic (exact) mass is 809 g/mol. The average molecular weight is 809 g/mol. The Bertz CT molecular complexity index is 890. The zero-order valence-electron chi connectivity index (χ0n) is 37.9. The van der Waals surface area contributed by atoms with Crippen molar-refractivity contribution in [3.8, 4) is 0 Å². The Morgan fingerprint density at radius 3 is 1.04 bits per heavy atom. The summed E-state index contributed by atoms with van der Waals surface area (Å²) in [5, 5.41) is 8.93. The lowest BCUT2D eigenvalue weighted by molar-refractivity contribution is -0.167. The molecule has 2 atom stereocenters. The summed E-state index contributed by atoms with van der Waals surface area (Å²) in [7, 11) is 0. The summed E-state index contributed by atoms with van der Waals surface area (Å²) in [5.74, 6) is -1.38. The van der Waals surface area contributed by atoms with Crippen LogP contribution in [0.4, 0.5) is 0 Å². The first kappa shape index (κ1) is 54.9. The molecule has 2 unspecified atom stereocenters. The quantitative estimate of drug-likeness (QED) is 0.0367. The molecule has 0 aliphatic rings. The van der Waals surface area contributed by atoms with Crippen molar-refractivity contribution in [2.24, 2.45) is 11.8 Å². The number of aliphatic carboxylic acids is 1. The molecule has 0 fully saturated rings. The molecular formula is C49H92O8. The number of esters is 3. The highest BCUT2D eigenvalue weighted by Crippen LogP contribution is 2.19. The zero-order valence-corrected chi connectivity index (χ0v) is 37.9. The highest BCUT2D eigenvalue weighted by atomic mass is 16.6. The highest BCUT2D eigenvalue weighted by molar-refractivity contribution is 5.71. The van der Waals surface area contributed by atoms with Crippen LogP contribution in [0.25, 0.3) is 0 Å². The second-order valence-electron chi connectivity index (χ2n) is 17.5. The normalized spacial score (nSPS) is 12.4. The van der Waals surface area contributed by atoms with E-state index in [2.05, 4.69) is 13.8 Å². The van der Waals surface area contributed by atoms with E-state index < -0.39 is 12.1 Å². The van der Waals surface area contributed by atoms with Gasteiger partial charge in [0.25, 0.3) is 0 Å². The van der Waals surface area contributed by atoms with Crippen LogP contribution in [0, 0.1) is 11.8 Å². The number of carboxylic acids is 1. The van der Waals surface area contributed by atoms with Gasteiger partial charge < -0.3 is 19.3 Å². The zero-order chi connectivity index (χ0) is 42.0. The molecule has 0 heterocycles. The molecule has 1 N–H and O–H groups in total. The summed E-state index contributed by atoms with van der Waals surface area (Å²) in [5.41, 5.74) is 0. The molecule has 57 heavy (non-hydrogen) atoms. The average Bonchev–Trinajstić information content (AvgIpc) is 3.17. The van der Waals surface area contributed by atoms with E-state index in [1.807, 2.05) is 13.8 Å². The lowest BCUT2D eigenvalue weighted by Gasteiger charge is -2.19. The van der Waals surface area contributed by atoms with Crippen molar-refractivity contribution in [1.29, 1.82) is 0 Å². The molecule has 0 bridgehead atoms. The molecule has 0 aliphatic heterocycles. The van der Waals surface area contributed by atoms with Gasteiger partial charge in [-0.2, -0.15) is 0 Å². The maximum Gasteiger partial charge on any atom is 0.306 e. The van der Waals surface area contributed by atoms with E-state index in [1.165, 1.54) is 128 Å². The number of unbranched alkanes of at least 4 members (excludes halogenated alkanes) is 27. The lowest BCUT2D eigenvalue weighted by atomic mass is 9.97. The Balaban J connectivity index is 4.47. The fraction of sp³-hybridized carbons (Fsp3) is 0.918. The third-order valence-corrected chi connectivity index (χ3v) is 11.3. The smallest absolute Gasteiger partial charge is 0.306 e. The van der Waals surface area contributed by atoms with Crippen LogP contribution in [0.3, 0.4) is 0 Å². The minimum Gasteiger partial charge on any atom is -0.481 e. The van der Waals surface area contributed by atoms with E-state index in [1.54, 1.807) is 0 Å². The minimum atomic E-state index is -0.816. The van der Waals surface area contributed by atoms with Crippen molar-refractivity contribution in [3.63, 3.8) is 0 Å². The van der Waals surface area contributed by atoms with Gasteiger partial charge in [-0.15, -0.1) is 0 Å². The fourth-order valence-corrected chi connectivity index (χ4v) is 7.57. The third-order valence-electron chi connectivity index (χ3n) is 11.3. The molecule has 0 saturated heterocycles. The van der Waals surface area contributed by atoms with Gasteiger partial charge in [0, 0.05) is 25.7 Å². The van der Waals surface area contributed by atoms with Gasteiger partial charge in [-0.05, 0) is 24.7 Å². The van der Waals surface area contributed by atoms with Crippen LogP contribution in [-0.4, -0.2) is 48.3 Å². The van der Waals surface area contributed by atoms with Crippen molar-refractivity contribution in [1.82, 2.24) is 0 Å². The van der Waals surface area contributed by atoms with Crippen LogP contribution in [-0.2, 0) is 33.4 Å². The maximum absolute atomic E-state index is 12.9. The number of hydrogen-bond acceptors (Lipinski definition) is 7. The second-order valence-corrected chi connectivity index (χ2v) is 17.5. The van der Waals surface area contributed by atoms with Gasteiger partial charge in [0.15, 0.2) is 6.10 Å². The molecule has 0 aliphatic carbocycles. The van der Waals surface area contributed by atoms with Gasteiger partial charge in [-0.25, -0.2) is 0 Å². The molecule has 8 nitrogen and oxygen atoms in total. The number of ether oxygens (including phenoxy) is 3. The SMILES string of the molecule is CCCCCCCCCCCCCCCC(=O)OCC(COC(=O)CCCCCCCCCCCCCCC)OC(=O)CC(C)CCCCCCC(C)CC(=O)O. The van der Waals surface area contributed by atoms with E-state index in [-0.39, 0.29) is 55.8 Å². The molecular weight excluding hydrogens is 717 g/mol. The molecule has 0 rings (SSSR count). The predicted molar refractivity (Wildman–Crippen MR) is 235 cm³/mol. The van der Waals surface area contributed by atoms with E-state index >= 15 is 0 Å². The number of carbonyl (C=O) groups excluding carboxylic acids is 3. The Hall–Kier alpha value is -2.12. The minimum absolute atomic E-state index is 0.107. The maximum atomic E-state index is 12.9. The molecule has 0 aromatic carbocycles. The summed E-state index contributed by atoms with van der Waals surface area (Å²) in [6.45, 7) is 8.32. The van der Waals surface area contributed by atoms with E-state index in [9.17, 15) is 19.2 Å². The number of rotatable bonds is 44. The Kier molecular flexibility index (Phi) is 40.5. The van der Waals surface area contributed by atoms with Crippen molar-refractivity contribution in [3.05, 3.63) is 0 Å². The molecule has 0 radical (unpaired) electrons. The largest absolute Gasteiger partial charge is 0.481 e. The Labute approximate surface area is 351 Å². The molecule has 336 valence electrons. The Morgan fingerprint density at radius 2 is 0.702 bits per heavy atom. The predicted octanol–water partition coefficient (Wildman–Crippen LogP) is 14.4. The fourth-order valence-electron chi connectivity index (χ4n) is 7.57. The number of carboxylic acid groups (broad SMARTS) is 1. The molecule has 8 heteroatoms. The van der Waals surface area contributed by atoms with Crippen molar-refractivity contribution in [2.45, 2.75) is 265 Å². The van der Waals surface area contributed by atoms with E-state index in [0.717, 1.165) is 77.0 Å². The summed E-state index contributed by atoms with van der Waals surface area (Å²) >= 11 is 0. The highest BCUT2D eigenvalue weighted by Gasteiger charge is 2.21. The van der Waals surface area contributed by atoms with Crippen LogP contribution in [0.1, 0.15) is 259 Å². The molecule has 0 amide bonds. The standard InChI is InChI=1S/C49H92O8/c1-5-7-9-11-13-15-17-19-21-23-25-27-33-37-47(52)55-41-45(57-49(54)40-44(4)36-32-30-29-31-35-43(3)39-46(50)51)42-56-48(53)38-34-28-26-24-22-20-18-16-14-12-10-8-6-2/h43-45H,5-42H2,1-4H3,(H,50,51). The summed E-state index contributed by atoms with van der Waals surface area (Å²) in [4.78, 5) is 48.9. The first-order chi connectivity index (χ1) is 27.7. The van der Waals surface area contributed by atoms with Crippen molar-refractivity contribution >= 4 is 23.9 Å². The van der Waals surface area contributed by atoms with E-state index in [0.29, 0.717) is 12.8 Å². The van der Waals surface area contributed by atoms with E-state index in [4.69, 9.17) is 19.3 Å². The van der Waals surface area contributed by atoms with Crippen molar-refractivity contribution < 1.29 is 38.5 Å². The van der Waals surface area contributed by atoms with Gasteiger partial charge in [0.2, 0.25) is 0 Å². The number of carbonyl (C=O) groups is 4. The van der Waals surface area contributed by atoms with Gasteiger partial charge in [0.05, 0.1) is 0 Å². The van der Waals surface area contributed by atoms with Gasteiger partial charge in [-0.1, -0.05) is 220 Å². The van der Waals surface area contributed by atoms with Crippen molar-refractivity contribution in [2.75, 3.05) is 13.2 Å². The molecule has 0 aromatic rings. The van der Waals surface area contributed by atoms with Gasteiger partial charge >= 0.3 is 23.9 Å². The van der Waals surface area contributed by atoms with Crippen LogP contribution in [0.2, 0.25) is 0 Å². The number of hydrogen-bond donors (Lipinski definition) is 1. The molecule has 0 spiro atoms. The first-order valence-electron chi connectivity index (χ1n) is 24.4. The molecule has 0 aromatic heterocycles. The molecule has 0 saturated carbocycles. The first-order valence-corrected chi connectivity index (χ1v) is 24.4. The summed E-state index contributed by atoms with van der Waals surface area (Å²) in [6, 6.07) is 0. The third kappa shape index (κ3) is 41.8. The summed E-state index contributed by atoms with van der Waals surface area (Å²) in [6.07, 6.45) is 38.6. The Morgan fingerprint density at radius 1 is 0.404 bits per heavy atom. The van der Waals surface area contributed by atoms with Gasteiger partial charge in [-0.3, -0.25) is 19.2 Å².